The Morgan fingerprint density at radius 1 is 1.07 bits per heavy atom. The molecular weight excluding hydrogens is 392 g/mol. The van der Waals surface area contributed by atoms with Gasteiger partial charge in [-0.15, -0.1) is 0 Å². The molecule has 3 aromatic rings. The van der Waals surface area contributed by atoms with Gasteiger partial charge in [0, 0.05) is 48.7 Å². The normalized spacial score (nSPS) is 14.2. The second-order valence-corrected chi connectivity index (χ2v) is 7.41. The Balaban J connectivity index is 1.40. The summed E-state index contributed by atoms with van der Waals surface area (Å²) in [5, 5.41) is 12.3. The molecule has 0 atom stereocenters. The van der Waals surface area contributed by atoms with Crippen LogP contribution in [0.5, 0.6) is 0 Å². The van der Waals surface area contributed by atoms with Gasteiger partial charge in [-0.25, -0.2) is 4.98 Å². The van der Waals surface area contributed by atoms with Crippen LogP contribution in [-0.2, 0) is 11.2 Å². The highest BCUT2D eigenvalue weighted by molar-refractivity contribution is 6.30. The number of piperazine rings is 1. The number of nitro benzene ring substituents is 1. The van der Waals surface area contributed by atoms with Crippen molar-refractivity contribution in [3.05, 3.63) is 75.3 Å². The van der Waals surface area contributed by atoms with E-state index in [0.29, 0.717) is 43.1 Å². The maximum absolute atomic E-state index is 12.6. The van der Waals surface area contributed by atoms with Crippen molar-refractivity contribution in [3.63, 3.8) is 0 Å². The largest absolute Gasteiger partial charge is 0.353 e. The number of nitrogens with zero attached hydrogens (tertiary/aromatic N) is 4. The summed E-state index contributed by atoms with van der Waals surface area (Å²) in [4.78, 5) is 31.7. The zero-order valence-electron chi connectivity index (χ0n) is 15.6. The second-order valence-electron chi connectivity index (χ2n) is 6.98. The quantitative estimate of drug-likeness (QED) is 0.484. The lowest BCUT2D eigenvalue weighted by atomic mass is 10.1. The molecule has 2 aromatic carbocycles. The maximum Gasteiger partial charge on any atom is 0.270 e. The average Bonchev–Trinajstić information content (AvgIpc) is 2.73. The van der Waals surface area contributed by atoms with E-state index in [0.717, 1.165) is 16.8 Å². The molecule has 1 saturated heterocycles. The minimum atomic E-state index is -0.410. The van der Waals surface area contributed by atoms with E-state index < -0.39 is 4.92 Å². The minimum Gasteiger partial charge on any atom is -0.353 e. The van der Waals surface area contributed by atoms with Crippen LogP contribution in [0.25, 0.3) is 10.9 Å². The summed E-state index contributed by atoms with van der Waals surface area (Å²) in [6.45, 7) is 2.62. The van der Waals surface area contributed by atoms with Gasteiger partial charge in [0.25, 0.3) is 5.69 Å². The van der Waals surface area contributed by atoms with Crippen molar-refractivity contribution in [2.24, 2.45) is 0 Å². The topological polar surface area (TPSA) is 79.6 Å². The van der Waals surface area contributed by atoms with Gasteiger partial charge in [0.15, 0.2) is 0 Å². The summed E-state index contributed by atoms with van der Waals surface area (Å²) in [6.07, 6.45) is 0.341. The molecule has 0 radical (unpaired) electrons. The Kier molecular flexibility index (Phi) is 5.31. The standard InChI is InChI=1S/C21H19ClN4O3/c22-17-3-1-2-15(12-17)13-21(27)25-10-8-24(9-11-25)20-7-4-16-14-18(26(28)29)5-6-19(16)23-20/h1-7,12,14H,8-11,13H2. The molecule has 0 saturated carbocycles. The molecule has 1 aliphatic heterocycles. The summed E-state index contributed by atoms with van der Waals surface area (Å²) in [6, 6.07) is 15.7. The number of amides is 1. The molecule has 8 heteroatoms. The van der Waals surface area contributed by atoms with Gasteiger partial charge in [0.05, 0.1) is 16.9 Å². The fourth-order valence-corrected chi connectivity index (χ4v) is 3.72. The lowest BCUT2D eigenvalue weighted by Gasteiger charge is -2.35. The van der Waals surface area contributed by atoms with Crippen LogP contribution in [0.1, 0.15) is 5.56 Å². The highest BCUT2D eigenvalue weighted by atomic mass is 35.5. The molecule has 148 valence electrons. The molecule has 0 unspecified atom stereocenters. The summed E-state index contributed by atoms with van der Waals surface area (Å²) in [5.41, 5.74) is 1.68. The minimum absolute atomic E-state index is 0.0545. The molecule has 0 N–H and O–H groups in total. The van der Waals surface area contributed by atoms with Gasteiger partial charge in [-0.05, 0) is 35.9 Å². The van der Waals surface area contributed by atoms with Crippen molar-refractivity contribution in [2.75, 3.05) is 31.1 Å². The molecule has 1 amide bonds. The fourth-order valence-electron chi connectivity index (χ4n) is 3.51. The van der Waals surface area contributed by atoms with E-state index in [-0.39, 0.29) is 11.6 Å². The SMILES string of the molecule is O=C(Cc1cccc(Cl)c1)N1CCN(c2ccc3cc([N+](=O)[O-])ccc3n2)CC1. The zero-order chi connectivity index (χ0) is 20.4. The van der Waals surface area contributed by atoms with Crippen molar-refractivity contribution in [1.82, 2.24) is 9.88 Å². The first-order valence-electron chi connectivity index (χ1n) is 9.32. The van der Waals surface area contributed by atoms with Gasteiger partial charge in [0.1, 0.15) is 5.82 Å². The molecular formula is C21H19ClN4O3. The lowest BCUT2D eigenvalue weighted by Crippen LogP contribution is -2.49. The first-order chi connectivity index (χ1) is 14.0. The van der Waals surface area contributed by atoms with E-state index >= 15 is 0 Å². The molecule has 0 aliphatic carbocycles. The van der Waals surface area contributed by atoms with E-state index in [1.54, 1.807) is 12.1 Å². The van der Waals surface area contributed by atoms with Crippen LogP contribution in [0.4, 0.5) is 11.5 Å². The maximum atomic E-state index is 12.6. The lowest BCUT2D eigenvalue weighted by molar-refractivity contribution is -0.384. The van der Waals surface area contributed by atoms with Crippen LogP contribution in [0.2, 0.25) is 5.02 Å². The number of rotatable bonds is 4. The number of carbonyl (C=O) groups is 1. The number of anilines is 1. The van der Waals surface area contributed by atoms with E-state index in [9.17, 15) is 14.9 Å². The number of aromatic nitrogens is 1. The highest BCUT2D eigenvalue weighted by Crippen LogP contribution is 2.23. The molecule has 0 spiro atoms. The average molecular weight is 411 g/mol. The number of pyridine rings is 1. The van der Waals surface area contributed by atoms with Gasteiger partial charge in [-0.1, -0.05) is 23.7 Å². The number of benzene rings is 2. The third-order valence-corrected chi connectivity index (χ3v) is 5.30. The molecule has 29 heavy (non-hydrogen) atoms. The van der Waals surface area contributed by atoms with Crippen molar-refractivity contribution in [3.8, 4) is 0 Å². The predicted molar refractivity (Wildman–Crippen MR) is 112 cm³/mol. The Hall–Kier alpha value is -3.19. The van der Waals surface area contributed by atoms with Gasteiger partial charge in [-0.2, -0.15) is 0 Å². The van der Waals surface area contributed by atoms with Crippen molar-refractivity contribution in [2.45, 2.75) is 6.42 Å². The molecule has 1 fully saturated rings. The number of non-ortho nitro benzene ring substituents is 1. The molecule has 4 rings (SSSR count). The third-order valence-electron chi connectivity index (χ3n) is 5.07. The number of carbonyl (C=O) groups excluding carboxylic acids is 1. The highest BCUT2D eigenvalue weighted by Gasteiger charge is 2.22. The van der Waals surface area contributed by atoms with Crippen molar-refractivity contribution < 1.29 is 9.72 Å². The monoisotopic (exact) mass is 410 g/mol. The van der Waals surface area contributed by atoms with E-state index in [1.807, 2.05) is 35.2 Å². The van der Waals surface area contributed by atoms with Crippen LogP contribution in [0.3, 0.4) is 0 Å². The van der Waals surface area contributed by atoms with E-state index in [1.165, 1.54) is 12.1 Å². The van der Waals surface area contributed by atoms with Crippen LogP contribution in [0, 0.1) is 10.1 Å². The molecule has 0 bridgehead atoms. The van der Waals surface area contributed by atoms with E-state index in [4.69, 9.17) is 11.6 Å². The van der Waals surface area contributed by atoms with Crippen molar-refractivity contribution >= 4 is 39.9 Å². The van der Waals surface area contributed by atoms with E-state index in [2.05, 4.69) is 9.88 Å². The van der Waals surface area contributed by atoms with Crippen molar-refractivity contribution in [1.29, 1.82) is 0 Å². The summed E-state index contributed by atoms with van der Waals surface area (Å²) < 4.78 is 0. The Bertz CT molecular complexity index is 1080. The Morgan fingerprint density at radius 2 is 1.86 bits per heavy atom. The van der Waals surface area contributed by atoms with Crippen LogP contribution in [0.15, 0.2) is 54.6 Å². The number of hydrogen-bond donors (Lipinski definition) is 0. The molecule has 7 nitrogen and oxygen atoms in total. The first kappa shape index (κ1) is 19.1. The van der Waals surface area contributed by atoms with Crippen LogP contribution >= 0.6 is 11.6 Å². The number of nitro groups is 1. The Morgan fingerprint density at radius 3 is 2.59 bits per heavy atom. The van der Waals surface area contributed by atoms with Crippen LogP contribution in [-0.4, -0.2) is 46.9 Å². The number of hydrogen-bond acceptors (Lipinski definition) is 5. The van der Waals surface area contributed by atoms with Gasteiger partial charge in [-0.3, -0.25) is 14.9 Å². The zero-order valence-corrected chi connectivity index (χ0v) is 16.4. The summed E-state index contributed by atoms with van der Waals surface area (Å²) >= 11 is 5.99. The third kappa shape index (κ3) is 4.30. The molecule has 2 heterocycles. The van der Waals surface area contributed by atoms with Gasteiger partial charge in [0.2, 0.25) is 5.91 Å². The number of fused-ring (bicyclic) bond motifs is 1. The number of halogens is 1. The second kappa shape index (κ2) is 8.05. The fraction of sp³-hybridized carbons (Fsp3) is 0.238. The Labute approximate surface area is 172 Å². The summed E-state index contributed by atoms with van der Waals surface area (Å²) in [7, 11) is 0. The molecule has 1 aromatic heterocycles. The smallest absolute Gasteiger partial charge is 0.270 e. The first-order valence-corrected chi connectivity index (χ1v) is 9.70. The van der Waals surface area contributed by atoms with Gasteiger partial charge < -0.3 is 9.80 Å². The summed E-state index contributed by atoms with van der Waals surface area (Å²) in [5.74, 6) is 0.902. The van der Waals surface area contributed by atoms with Crippen LogP contribution < -0.4 is 4.90 Å². The molecule has 1 aliphatic rings. The predicted octanol–water partition coefficient (Wildman–Crippen LogP) is 3.69. The van der Waals surface area contributed by atoms with Gasteiger partial charge >= 0.3 is 0 Å².